The zero-order chi connectivity index (χ0) is 15.8. The van der Waals surface area contributed by atoms with E-state index in [0.717, 1.165) is 5.69 Å². The fourth-order valence-corrected chi connectivity index (χ4v) is 5.85. The van der Waals surface area contributed by atoms with Crippen LogP contribution < -0.4 is 5.32 Å². The molecular weight excluding hydrogens is 312 g/mol. The van der Waals surface area contributed by atoms with Crippen LogP contribution in [0.1, 0.15) is 11.1 Å². The lowest BCUT2D eigenvalue weighted by atomic mass is 10.1. The van der Waals surface area contributed by atoms with E-state index < -0.39 is 19.9 Å². The molecule has 0 amide bonds. The third-order valence-electron chi connectivity index (χ3n) is 3.65. The highest BCUT2D eigenvalue weighted by atomic mass is 32.2. The summed E-state index contributed by atoms with van der Waals surface area (Å²) in [4.78, 5) is 0.279. The lowest BCUT2D eigenvalue weighted by Gasteiger charge is -2.27. The van der Waals surface area contributed by atoms with Crippen molar-refractivity contribution >= 4 is 25.5 Å². The van der Waals surface area contributed by atoms with Crippen molar-refractivity contribution in [1.29, 1.82) is 0 Å². The largest absolute Gasteiger partial charge is 0.388 e. The molecule has 6 nitrogen and oxygen atoms in total. The second-order valence-corrected chi connectivity index (χ2v) is 9.42. The second-order valence-electron chi connectivity index (χ2n) is 5.25. The normalized spacial score (nSPS) is 19.4. The summed E-state index contributed by atoms with van der Waals surface area (Å²) in [7, 11) is -4.99. The fourth-order valence-electron chi connectivity index (χ4n) is 2.57. The molecule has 1 N–H and O–H groups in total. The zero-order valence-corrected chi connectivity index (χ0v) is 14.0. The number of sulfonamides is 1. The number of rotatable bonds is 3. The summed E-state index contributed by atoms with van der Waals surface area (Å²) >= 11 is 0. The molecule has 0 aliphatic carbocycles. The van der Waals surface area contributed by atoms with Gasteiger partial charge >= 0.3 is 0 Å². The average molecular weight is 332 g/mol. The maximum Gasteiger partial charge on any atom is 0.243 e. The van der Waals surface area contributed by atoms with Gasteiger partial charge in [-0.2, -0.15) is 4.31 Å². The predicted molar refractivity (Wildman–Crippen MR) is 82.9 cm³/mol. The first-order valence-electron chi connectivity index (χ1n) is 6.67. The first-order valence-corrected chi connectivity index (χ1v) is 9.93. The lowest BCUT2D eigenvalue weighted by molar-refractivity contribution is 0.430. The Morgan fingerprint density at radius 1 is 1.10 bits per heavy atom. The number of hydrogen-bond acceptors (Lipinski definition) is 5. The summed E-state index contributed by atoms with van der Waals surface area (Å²) in [6.45, 7) is 3.55. The van der Waals surface area contributed by atoms with Crippen molar-refractivity contribution in [2.45, 2.75) is 18.7 Å². The van der Waals surface area contributed by atoms with Crippen LogP contribution in [0.25, 0.3) is 0 Å². The molecule has 0 aromatic heterocycles. The maximum absolute atomic E-state index is 12.8. The maximum atomic E-state index is 12.8. The molecule has 0 bridgehead atoms. The molecule has 8 heteroatoms. The van der Waals surface area contributed by atoms with Crippen LogP contribution in [0.5, 0.6) is 0 Å². The van der Waals surface area contributed by atoms with Crippen molar-refractivity contribution in [2.75, 3.05) is 37.0 Å². The Morgan fingerprint density at radius 2 is 1.57 bits per heavy atom. The zero-order valence-electron chi connectivity index (χ0n) is 12.4. The molecule has 21 heavy (non-hydrogen) atoms. The molecule has 1 aromatic rings. The second kappa shape index (κ2) is 5.58. The minimum Gasteiger partial charge on any atom is -0.388 e. The van der Waals surface area contributed by atoms with Crippen molar-refractivity contribution in [3.8, 4) is 0 Å². The standard InChI is InChI=1S/C13H20N2O4S2/c1-10-8-12(14-3)9-11(2)13(10)21(18,19)15-4-6-20(16,17)7-5-15/h8-9,14H,4-7H2,1-3H3. The van der Waals surface area contributed by atoms with E-state index in [-0.39, 0.29) is 29.5 Å². The molecule has 0 spiro atoms. The average Bonchev–Trinajstić information content (AvgIpc) is 2.36. The molecule has 1 aliphatic rings. The van der Waals surface area contributed by atoms with Crippen LogP contribution in [-0.2, 0) is 19.9 Å². The number of anilines is 1. The van der Waals surface area contributed by atoms with Gasteiger partial charge in [-0.1, -0.05) is 0 Å². The quantitative estimate of drug-likeness (QED) is 0.884. The van der Waals surface area contributed by atoms with E-state index in [1.165, 1.54) is 4.31 Å². The summed E-state index contributed by atoms with van der Waals surface area (Å²) in [5.74, 6) is -0.224. The van der Waals surface area contributed by atoms with Crippen LogP contribution in [-0.4, -0.2) is 52.8 Å². The molecule has 1 aliphatic heterocycles. The smallest absolute Gasteiger partial charge is 0.243 e. The molecule has 1 heterocycles. The number of sulfone groups is 1. The number of nitrogens with one attached hydrogen (secondary N) is 1. The molecule has 118 valence electrons. The van der Waals surface area contributed by atoms with Gasteiger partial charge in [0.05, 0.1) is 16.4 Å². The van der Waals surface area contributed by atoms with Gasteiger partial charge in [-0.15, -0.1) is 0 Å². The van der Waals surface area contributed by atoms with Crippen LogP contribution >= 0.6 is 0 Å². The van der Waals surface area contributed by atoms with E-state index in [1.807, 2.05) is 0 Å². The molecule has 1 aromatic carbocycles. The van der Waals surface area contributed by atoms with Crippen molar-refractivity contribution in [3.05, 3.63) is 23.3 Å². The Morgan fingerprint density at radius 3 is 2.00 bits per heavy atom. The highest BCUT2D eigenvalue weighted by Crippen LogP contribution is 2.27. The Balaban J connectivity index is 2.41. The molecule has 0 saturated carbocycles. The van der Waals surface area contributed by atoms with Gasteiger partial charge in [-0.3, -0.25) is 0 Å². The first kappa shape index (κ1) is 16.3. The minimum absolute atomic E-state index is 0.0251. The molecule has 0 radical (unpaired) electrons. The van der Waals surface area contributed by atoms with Gasteiger partial charge in [0.2, 0.25) is 10.0 Å². The van der Waals surface area contributed by atoms with Gasteiger partial charge in [0.25, 0.3) is 0 Å². The van der Waals surface area contributed by atoms with Crippen molar-refractivity contribution < 1.29 is 16.8 Å². The minimum atomic E-state index is -3.66. The van der Waals surface area contributed by atoms with Crippen LogP contribution in [0.2, 0.25) is 0 Å². The van der Waals surface area contributed by atoms with Crippen LogP contribution in [0.4, 0.5) is 5.69 Å². The molecule has 1 saturated heterocycles. The van der Waals surface area contributed by atoms with Crippen LogP contribution in [0, 0.1) is 13.8 Å². The van der Waals surface area contributed by atoms with E-state index in [2.05, 4.69) is 5.32 Å². The van der Waals surface area contributed by atoms with E-state index in [4.69, 9.17) is 0 Å². The highest BCUT2D eigenvalue weighted by molar-refractivity contribution is 7.92. The number of nitrogens with zero attached hydrogens (tertiary/aromatic N) is 1. The topological polar surface area (TPSA) is 83.6 Å². The summed E-state index contributed by atoms with van der Waals surface area (Å²) in [6, 6.07) is 3.56. The van der Waals surface area contributed by atoms with Gasteiger partial charge in [0.1, 0.15) is 0 Å². The monoisotopic (exact) mass is 332 g/mol. The predicted octanol–water partition coefficient (Wildman–Crippen LogP) is 0.764. The number of aryl methyl sites for hydroxylation is 2. The third-order valence-corrected chi connectivity index (χ3v) is 7.46. The summed E-state index contributed by atoms with van der Waals surface area (Å²) in [6.07, 6.45) is 0. The van der Waals surface area contributed by atoms with Gasteiger partial charge in [-0.05, 0) is 37.1 Å². The Kier molecular flexibility index (Phi) is 4.32. The van der Waals surface area contributed by atoms with Gasteiger partial charge in [0, 0.05) is 25.8 Å². The Hall–Kier alpha value is -1.12. The van der Waals surface area contributed by atoms with Gasteiger partial charge in [0.15, 0.2) is 9.84 Å². The van der Waals surface area contributed by atoms with E-state index >= 15 is 0 Å². The molecule has 0 unspecified atom stereocenters. The third kappa shape index (κ3) is 3.22. The summed E-state index contributed by atoms with van der Waals surface area (Å²) < 4.78 is 49.7. The van der Waals surface area contributed by atoms with E-state index in [9.17, 15) is 16.8 Å². The molecule has 1 fully saturated rings. The molecular formula is C13H20N2O4S2. The highest BCUT2D eigenvalue weighted by Gasteiger charge is 2.33. The van der Waals surface area contributed by atoms with E-state index in [1.54, 1.807) is 33.0 Å². The first-order chi connectivity index (χ1) is 9.67. The lowest BCUT2D eigenvalue weighted by Crippen LogP contribution is -2.44. The Bertz CT molecular complexity index is 717. The van der Waals surface area contributed by atoms with E-state index in [0.29, 0.717) is 11.1 Å². The van der Waals surface area contributed by atoms with Crippen molar-refractivity contribution in [2.24, 2.45) is 0 Å². The number of hydrogen-bond donors (Lipinski definition) is 1. The number of benzene rings is 1. The molecule has 0 atom stereocenters. The fraction of sp³-hybridized carbons (Fsp3) is 0.538. The van der Waals surface area contributed by atoms with Crippen LogP contribution in [0.15, 0.2) is 17.0 Å². The van der Waals surface area contributed by atoms with Crippen molar-refractivity contribution in [1.82, 2.24) is 4.31 Å². The van der Waals surface area contributed by atoms with Crippen LogP contribution in [0.3, 0.4) is 0 Å². The summed E-state index contributed by atoms with van der Waals surface area (Å²) in [5, 5.41) is 2.99. The molecule has 2 rings (SSSR count). The van der Waals surface area contributed by atoms with Crippen molar-refractivity contribution in [3.63, 3.8) is 0 Å². The summed E-state index contributed by atoms with van der Waals surface area (Å²) in [5.41, 5.74) is 2.17. The Labute approximate surface area is 126 Å². The van der Waals surface area contributed by atoms with Gasteiger partial charge in [-0.25, -0.2) is 16.8 Å². The van der Waals surface area contributed by atoms with Gasteiger partial charge < -0.3 is 5.32 Å². The SMILES string of the molecule is CNc1cc(C)c(S(=O)(=O)N2CCS(=O)(=O)CC2)c(C)c1.